The van der Waals surface area contributed by atoms with Crippen LogP contribution >= 0.6 is 0 Å². The summed E-state index contributed by atoms with van der Waals surface area (Å²) in [5.41, 5.74) is 13.0. The van der Waals surface area contributed by atoms with Gasteiger partial charge in [-0.3, -0.25) is 14.3 Å². The highest BCUT2D eigenvalue weighted by atomic mass is 19.1. The molecule has 0 radical (unpaired) electrons. The van der Waals surface area contributed by atoms with Gasteiger partial charge in [0.05, 0.1) is 11.4 Å². The van der Waals surface area contributed by atoms with Crippen molar-refractivity contribution in [2.75, 3.05) is 12.3 Å². The highest BCUT2D eigenvalue weighted by Crippen LogP contribution is 2.27. The summed E-state index contributed by atoms with van der Waals surface area (Å²) in [5.74, 6) is -0.153. The van der Waals surface area contributed by atoms with Gasteiger partial charge in [0.1, 0.15) is 17.0 Å². The molecule has 1 aliphatic heterocycles. The fraction of sp³-hybridized carbons (Fsp3) is 0.192. The SMILES string of the molecule is Nc1nc2c(F)cccc2c2nc(Cc3cccc4c3CCN(Cc3ccccn3)C4)cn12. The molecule has 0 spiro atoms. The number of benzene rings is 2. The molecule has 0 saturated carbocycles. The van der Waals surface area contributed by atoms with Gasteiger partial charge in [-0.05, 0) is 47.4 Å². The first kappa shape index (κ1) is 19.8. The van der Waals surface area contributed by atoms with Crippen LogP contribution in [0.25, 0.3) is 16.6 Å². The summed E-state index contributed by atoms with van der Waals surface area (Å²) in [5, 5.41) is 0.663. The molecule has 164 valence electrons. The zero-order valence-corrected chi connectivity index (χ0v) is 18.1. The van der Waals surface area contributed by atoms with E-state index in [-0.39, 0.29) is 11.5 Å². The molecule has 0 fully saturated rings. The lowest BCUT2D eigenvalue weighted by Gasteiger charge is -2.29. The standard InChI is InChI=1S/C26H23FN6/c27-23-9-4-8-22-24(23)31-26(28)33-16-20(30-25(22)33)13-17-5-3-6-18-14-32(12-10-21(17)18)15-19-7-1-2-11-29-19/h1-9,11,16H,10,12-15H2,(H2,28,31). The Bertz CT molecular complexity index is 1480. The minimum Gasteiger partial charge on any atom is -0.369 e. The lowest BCUT2D eigenvalue weighted by molar-refractivity contribution is 0.242. The summed E-state index contributed by atoms with van der Waals surface area (Å²) < 4.78 is 16.0. The second-order valence-corrected chi connectivity index (χ2v) is 8.55. The van der Waals surface area contributed by atoms with Gasteiger partial charge < -0.3 is 5.73 Å². The lowest BCUT2D eigenvalue weighted by Crippen LogP contribution is -2.31. The van der Waals surface area contributed by atoms with Crippen LogP contribution in [0, 0.1) is 5.82 Å². The molecular weight excluding hydrogens is 415 g/mol. The smallest absolute Gasteiger partial charge is 0.206 e. The van der Waals surface area contributed by atoms with Crippen molar-refractivity contribution in [2.45, 2.75) is 25.9 Å². The van der Waals surface area contributed by atoms with E-state index in [0.29, 0.717) is 17.5 Å². The second-order valence-electron chi connectivity index (χ2n) is 8.55. The van der Waals surface area contributed by atoms with Gasteiger partial charge in [0.15, 0.2) is 0 Å². The Morgan fingerprint density at radius 3 is 2.76 bits per heavy atom. The Labute approximate surface area is 190 Å². The minimum atomic E-state index is -0.390. The first-order chi connectivity index (χ1) is 16.2. The van der Waals surface area contributed by atoms with Crippen LogP contribution in [0.5, 0.6) is 0 Å². The van der Waals surface area contributed by atoms with Crippen LogP contribution in [0.4, 0.5) is 10.3 Å². The van der Waals surface area contributed by atoms with Crippen molar-refractivity contribution in [3.05, 3.63) is 101 Å². The number of nitrogens with two attached hydrogens (primary N) is 1. The molecule has 1 aliphatic rings. The zero-order valence-electron chi connectivity index (χ0n) is 18.1. The third-order valence-electron chi connectivity index (χ3n) is 6.38. The maximum Gasteiger partial charge on any atom is 0.206 e. The molecule has 0 atom stereocenters. The normalized spacial score (nSPS) is 14.1. The summed E-state index contributed by atoms with van der Waals surface area (Å²) in [4.78, 5) is 16.0. The summed E-state index contributed by atoms with van der Waals surface area (Å²) in [6, 6.07) is 17.5. The maximum atomic E-state index is 14.2. The number of pyridine rings is 1. The first-order valence-electron chi connectivity index (χ1n) is 11.1. The van der Waals surface area contributed by atoms with E-state index in [9.17, 15) is 4.39 Å². The van der Waals surface area contributed by atoms with Crippen LogP contribution in [-0.2, 0) is 25.9 Å². The van der Waals surface area contributed by atoms with E-state index in [0.717, 1.165) is 37.4 Å². The van der Waals surface area contributed by atoms with Crippen LogP contribution in [0.3, 0.4) is 0 Å². The number of halogens is 1. The largest absolute Gasteiger partial charge is 0.369 e. The predicted octanol–water partition coefficient (Wildman–Crippen LogP) is 4.15. The van der Waals surface area contributed by atoms with Crippen molar-refractivity contribution >= 4 is 22.5 Å². The van der Waals surface area contributed by atoms with Gasteiger partial charge in [0.25, 0.3) is 0 Å². The Morgan fingerprint density at radius 2 is 1.88 bits per heavy atom. The van der Waals surface area contributed by atoms with Gasteiger partial charge in [-0.2, -0.15) is 0 Å². The highest BCUT2D eigenvalue weighted by molar-refractivity contribution is 5.92. The molecule has 5 aromatic rings. The van der Waals surface area contributed by atoms with Crippen molar-refractivity contribution in [1.29, 1.82) is 0 Å². The fourth-order valence-corrected chi connectivity index (χ4v) is 4.82. The molecule has 6 nitrogen and oxygen atoms in total. The van der Waals surface area contributed by atoms with Crippen molar-refractivity contribution in [3.63, 3.8) is 0 Å². The number of nitrogen functional groups attached to an aromatic ring is 1. The van der Waals surface area contributed by atoms with Gasteiger partial charge in [-0.15, -0.1) is 0 Å². The number of para-hydroxylation sites is 1. The van der Waals surface area contributed by atoms with E-state index >= 15 is 0 Å². The van der Waals surface area contributed by atoms with Crippen LogP contribution < -0.4 is 5.73 Å². The van der Waals surface area contributed by atoms with Crippen molar-refractivity contribution in [3.8, 4) is 0 Å². The Balaban J connectivity index is 1.30. The van der Waals surface area contributed by atoms with Crippen LogP contribution in [-0.4, -0.2) is 30.8 Å². The Hall–Kier alpha value is -3.84. The molecule has 0 unspecified atom stereocenters. The lowest BCUT2D eigenvalue weighted by atomic mass is 9.92. The molecule has 7 heteroatoms. The summed E-state index contributed by atoms with van der Waals surface area (Å²) in [6.07, 6.45) is 5.45. The molecule has 0 aliphatic carbocycles. The average molecular weight is 439 g/mol. The number of anilines is 1. The first-order valence-corrected chi connectivity index (χ1v) is 11.1. The molecule has 6 rings (SSSR count). The van der Waals surface area contributed by atoms with Crippen LogP contribution in [0.1, 0.15) is 28.1 Å². The fourth-order valence-electron chi connectivity index (χ4n) is 4.82. The van der Waals surface area contributed by atoms with Crippen molar-refractivity contribution in [2.24, 2.45) is 0 Å². The summed E-state index contributed by atoms with van der Waals surface area (Å²) >= 11 is 0. The second kappa shape index (κ2) is 7.94. The van der Waals surface area contributed by atoms with Gasteiger partial charge in [-0.1, -0.05) is 30.3 Å². The molecular formula is C26H23FN6. The monoisotopic (exact) mass is 438 g/mol. The van der Waals surface area contributed by atoms with E-state index < -0.39 is 5.82 Å². The summed E-state index contributed by atoms with van der Waals surface area (Å²) in [6.45, 7) is 2.76. The summed E-state index contributed by atoms with van der Waals surface area (Å²) in [7, 11) is 0. The van der Waals surface area contributed by atoms with Gasteiger partial charge in [0.2, 0.25) is 5.95 Å². The molecule has 2 N–H and O–H groups in total. The van der Waals surface area contributed by atoms with E-state index in [1.165, 1.54) is 22.8 Å². The number of nitrogens with zero attached hydrogens (tertiary/aromatic N) is 5. The van der Waals surface area contributed by atoms with Gasteiger partial charge >= 0.3 is 0 Å². The topological polar surface area (TPSA) is 72.3 Å². The molecule has 0 saturated heterocycles. The quantitative estimate of drug-likeness (QED) is 0.456. The Morgan fingerprint density at radius 1 is 0.970 bits per heavy atom. The molecule has 3 aromatic heterocycles. The van der Waals surface area contributed by atoms with E-state index in [1.807, 2.05) is 30.6 Å². The third kappa shape index (κ3) is 3.60. The van der Waals surface area contributed by atoms with Crippen LogP contribution in [0.2, 0.25) is 0 Å². The van der Waals surface area contributed by atoms with Gasteiger partial charge in [-0.25, -0.2) is 14.4 Å². The zero-order chi connectivity index (χ0) is 22.4. The highest BCUT2D eigenvalue weighted by Gasteiger charge is 2.20. The van der Waals surface area contributed by atoms with Crippen molar-refractivity contribution in [1.82, 2.24) is 24.3 Å². The van der Waals surface area contributed by atoms with E-state index in [2.05, 4.69) is 39.1 Å². The number of hydrogen-bond acceptors (Lipinski definition) is 5. The Kier molecular flexibility index (Phi) is 4.77. The van der Waals surface area contributed by atoms with Crippen LogP contribution in [0.15, 0.2) is 67.0 Å². The number of rotatable bonds is 4. The predicted molar refractivity (Wildman–Crippen MR) is 126 cm³/mol. The molecule has 4 heterocycles. The molecule has 2 aromatic carbocycles. The maximum absolute atomic E-state index is 14.2. The molecule has 0 bridgehead atoms. The number of imidazole rings is 1. The molecule has 0 amide bonds. The number of fused-ring (bicyclic) bond motifs is 4. The number of aromatic nitrogens is 4. The minimum absolute atomic E-state index is 0.238. The van der Waals surface area contributed by atoms with E-state index in [1.54, 1.807) is 10.5 Å². The van der Waals surface area contributed by atoms with Gasteiger partial charge in [0, 0.05) is 43.8 Å². The molecule has 33 heavy (non-hydrogen) atoms. The van der Waals surface area contributed by atoms with E-state index in [4.69, 9.17) is 10.7 Å². The third-order valence-corrected chi connectivity index (χ3v) is 6.38. The average Bonchev–Trinajstić information content (AvgIpc) is 3.25. The van der Waals surface area contributed by atoms with Crippen molar-refractivity contribution < 1.29 is 4.39 Å². The number of hydrogen-bond donors (Lipinski definition) is 1.